The molecule has 0 saturated carbocycles. The molecule has 7 heteroatoms. The highest BCUT2D eigenvalue weighted by Crippen LogP contribution is 2.33. The summed E-state index contributed by atoms with van der Waals surface area (Å²) in [6.07, 6.45) is 0. The average molecular weight is 364 g/mol. The molecule has 0 radical (unpaired) electrons. The van der Waals surface area contributed by atoms with Gasteiger partial charge in [-0.25, -0.2) is 4.39 Å². The van der Waals surface area contributed by atoms with Crippen LogP contribution in [-0.4, -0.2) is 14.6 Å². The summed E-state index contributed by atoms with van der Waals surface area (Å²) in [6.45, 7) is 1.95. The Balaban J connectivity index is 1.73. The predicted molar refractivity (Wildman–Crippen MR) is 94.1 cm³/mol. The molecule has 0 atom stereocenters. The maximum absolute atomic E-state index is 13.1. The van der Waals surface area contributed by atoms with Crippen molar-refractivity contribution in [2.45, 2.75) is 17.7 Å². The van der Waals surface area contributed by atoms with Crippen LogP contribution in [0.2, 0.25) is 5.02 Å². The van der Waals surface area contributed by atoms with Gasteiger partial charge in [0.25, 0.3) is 0 Å². The molecule has 0 unspecified atom stereocenters. The van der Waals surface area contributed by atoms with E-state index in [1.807, 2.05) is 6.92 Å². The van der Waals surface area contributed by atoms with Crippen LogP contribution >= 0.6 is 34.7 Å². The molecular formula is C16H11ClFN3S2. The maximum Gasteiger partial charge on any atom is 0.143 e. The van der Waals surface area contributed by atoms with Crippen molar-refractivity contribution >= 4 is 50.4 Å². The van der Waals surface area contributed by atoms with Gasteiger partial charge >= 0.3 is 0 Å². The van der Waals surface area contributed by atoms with E-state index in [1.54, 1.807) is 29.2 Å². The zero-order chi connectivity index (χ0) is 16.0. The topological polar surface area (TPSA) is 30.2 Å². The monoisotopic (exact) mass is 363 g/mol. The Labute approximate surface area is 145 Å². The van der Waals surface area contributed by atoms with Gasteiger partial charge in [0.2, 0.25) is 0 Å². The third kappa shape index (κ3) is 2.60. The van der Waals surface area contributed by atoms with Gasteiger partial charge in [0.1, 0.15) is 16.7 Å². The third-order valence-electron chi connectivity index (χ3n) is 3.63. The standard InChI is InChI=1S/C16H11ClFN3S2/c1-9-19-20-16(14-7-15-13(21(9)14)4-5-22-15)23-8-10-2-3-11(18)6-12(10)17/h2-7H,8H2,1H3. The summed E-state index contributed by atoms with van der Waals surface area (Å²) in [5.74, 6) is 1.15. The predicted octanol–water partition coefficient (Wildman–Crippen LogP) is 5.34. The van der Waals surface area contributed by atoms with Crippen LogP contribution in [0.15, 0.2) is 40.7 Å². The fourth-order valence-corrected chi connectivity index (χ4v) is 4.59. The van der Waals surface area contributed by atoms with Crippen molar-refractivity contribution in [1.29, 1.82) is 0 Å². The van der Waals surface area contributed by atoms with Crippen LogP contribution in [0.5, 0.6) is 0 Å². The molecule has 1 aromatic carbocycles. The lowest BCUT2D eigenvalue weighted by Crippen LogP contribution is -1.99. The van der Waals surface area contributed by atoms with Crippen LogP contribution in [-0.2, 0) is 5.75 Å². The van der Waals surface area contributed by atoms with E-state index in [2.05, 4.69) is 32.1 Å². The molecule has 0 bridgehead atoms. The van der Waals surface area contributed by atoms with E-state index in [1.165, 1.54) is 16.8 Å². The number of rotatable bonds is 3. The average Bonchev–Trinajstić information content (AvgIpc) is 3.09. The van der Waals surface area contributed by atoms with Crippen LogP contribution < -0.4 is 0 Å². The number of aromatic nitrogens is 3. The number of thioether (sulfide) groups is 1. The van der Waals surface area contributed by atoms with Crippen molar-refractivity contribution in [3.8, 4) is 0 Å². The molecule has 3 heterocycles. The summed E-state index contributed by atoms with van der Waals surface area (Å²) in [7, 11) is 0. The molecule has 0 spiro atoms. The van der Waals surface area contributed by atoms with Gasteiger partial charge < -0.3 is 0 Å². The number of fused-ring (bicyclic) bond motifs is 3. The number of halogens is 2. The zero-order valence-electron chi connectivity index (χ0n) is 12.1. The second-order valence-corrected chi connectivity index (χ2v) is 7.43. The molecule has 0 N–H and O–H groups in total. The van der Waals surface area contributed by atoms with E-state index in [0.717, 1.165) is 27.4 Å². The molecule has 0 aliphatic rings. The summed E-state index contributed by atoms with van der Waals surface area (Å²) in [5, 5.41) is 11.9. The van der Waals surface area contributed by atoms with Gasteiger partial charge in [0.15, 0.2) is 0 Å². The Morgan fingerprint density at radius 3 is 2.91 bits per heavy atom. The highest BCUT2D eigenvalue weighted by Gasteiger charge is 2.13. The van der Waals surface area contributed by atoms with Crippen LogP contribution in [0.25, 0.3) is 15.7 Å². The van der Waals surface area contributed by atoms with Crippen molar-refractivity contribution < 1.29 is 4.39 Å². The first-order chi connectivity index (χ1) is 11.1. The summed E-state index contributed by atoms with van der Waals surface area (Å²) in [6, 6.07) is 8.69. The molecule has 0 aliphatic heterocycles. The minimum absolute atomic E-state index is 0.326. The Hall–Kier alpha value is -1.63. The Bertz CT molecular complexity index is 1020. The first kappa shape index (κ1) is 14.9. The number of hydrogen-bond donors (Lipinski definition) is 0. The van der Waals surface area contributed by atoms with Crippen LogP contribution in [0.4, 0.5) is 4.39 Å². The summed E-state index contributed by atoms with van der Waals surface area (Å²) in [5.41, 5.74) is 3.08. The fraction of sp³-hybridized carbons (Fsp3) is 0.125. The van der Waals surface area contributed by atoms with Crippen molar-refractivity contribution in [2.75, 3.05) is 0 Å². The summed E-state index contributed by atoms with van der Waals surface area (Å²) >= 11 is 9.35. The lowest BCUT2D eigenvalue weighted by Gasteiger charge is -2.07. The summed E-state index contributed by atoms with van der Waals surface area (Å²) < 4.78 is 16.5. The number of aryl methyl sites for hydroxylation is 1. The van der Waals surface area contributed by atoms with Crippen LogP contribution in [0.3, 0.4) is 0 Å². The molecule has 0 amide bonds. The minimum Gasteiger partial charge on any atom is -0.293 e. The number of thiophene rings is 1. The van der Waals surface area contributed by atoms with Gasteiger partial charge in [-0.05, 0) is 42.1 Å². The normalized spacial score (nSPS) is 11.6. The maximum atomic E-state index is 13.1. The molecule has 3 nitrogen and oxygen atoms in total. The second-order valence-electron chi connectivity index (χ2n) is 5.11. The summed E-state index contributed by atoms with van der Waals surface area (Å²) in [4.78, 5) is 0. The molecule has 116 valence electrons. The first-order valence-corrected chi connectivity index (χ1v) is 9.16. The molecule has 0 fully saturated rings. The zero-order valence-corrected chi connectivity index (χ0v) is 14.5. The quantitative estimate of drug-likeness (QED) is 0.460. The van der Waals surface area contributed by atoms with Crippen molar-refractivity contribution in [1.82, 2.24) is 14.6 Å². The Morgan fingerprint density at radius 1 is 1.22 bits per heavy atom. The van der Waals surface area contributed by atoms with Gasteiger partial charge in [-0.1, -0.05) is 29.4 Å². The van der Waals surface area contributed by atoms with Crippen molar-refractivity contribution in [3.63, 3.8) is 0 Å². The molecule has 23 heavy (non-hydrogen) atoms. The fourth-order valence-electron chi connectivity index (χ4n) is 2.53. The number of benzene rings is 1. The number of hydrogen-bond acceptors (Lipinski definition) is 4. The molecule has 3 aromatic heterocycles. The first-order valence-electron chi connectivity index (χ1n) is 6.92. The van der Waals surface area contributed by atoms with Crippen molar-refractivity contribution in [2.24, 2.45) is 0 Å². The SMILES string of the molecule is Cc1nnc(SCc2ccc(F)cc2Cl)c2cc3sccc3n12. The highest BCUT2D eigenvalue weighted by molar-refractivity contribution is 7.98. The molecule has 0 saturated heterocycles. The van der Waals surface area contributed by atoms with E-state index in [9.17, 15) is 4.39 Å². The van der Waals surface area contributed by atoms with E-state index in [4.69, 9.17) is 11.6 Å². The van der Waals surface area contributed by atoms with Gasteiger partial charge in [-0.15, -0.1) is 21.5 Å². The van der Waals surface area contributed by atoms with Crippen LogP contribution in [0.1, 0.15) is 11.4 Å². The third-order valence-corrected chi connectivity index (χ3v) is 5.86. The molecular weight excluding hydrogens is 353 g/mol. The highest BCUT2D eigenvalue weighted by atomic mass is 35.5. The smallest absolute Gasteiger partial charge is 0.143 e. The van der Waals surface area contributed by atoms with Gasteiger partial charge in [0.05, 0.1) is 15.7 Å². The lowest BCUT2D eigenvalue weighted by atomic mass is 10.2. The number of nitrogens with zero attached hydrogens (tertiary/aromatic N) is 3. The minimum atomic E-state index is -0.326. The molecule has 4 aromatic rings. The van der Waals surface area contributed by atoms with Gasteiger partial charge in [-0.3, -0.25) is 4.40 Å². The van der Waals surface area contributed by atoms with E-state index < -0.39 is 0 Å². The van der Waals surface area contributed by atoms with Crippen molar-refractivity contribution in [3.05, 3.63) is 57.9 Å². The van der Waals surface area contributed by atoms with Gasteiger partial charge in [0, 0.05) is 10.8 Å². The Kier molecular flexibility index (Phi) is 3.75. The van der Waals surface area contributed by atoms with E-state index >= 15 is 0 Å². The van der Waals surface area contributed by atoms with E-state index in [-0.39, 0.29) is 5.82 Å². The van der Waals surface area contributed by atoms with Crippen LogP contribution in [0, 0.1) is 12.7 Å². The molecule has 4 rings (SSSR count). The van der Waals surface area contributed by atoms with E-state index in [0.29, 0.717) is 10.8 Å². The lowest BCUT2D eigenvalue weighted by molar-refractivity contribution is 0.627. The Morgan fingerprint density at radius 2 is 2.09 bits per heavy atom. The molecule has 0 aliphatic carbocycles. The second kappa shape index (κ2) is 5.78. The van der Waals surface area contributed by atoms with Gasteiger partial charge in [-0.2, -0.15) is 0 Å². The largest absolute Gasteiger partial charge is 0.293 e.